The number of methoxy groups -OCH3 is 1. The van der Waals surface area contributed by atoms with Crippen LogP contribution in [0.1, 0.15) is 12.5 Å². The van der Waals surface area contributed by atoms with Crippen molar-refractivity contribution < 1.29 is 14.3 Å². The molecule has 25 heavy (non-hydrogen) atoms. The van der Waals surface area contributed by atoms with E-state index in [0.29, 0.717) is 16.5 Å². The highest BCUT2D eigenvalue weighted by molar-refractivity contribution is 6.30. The van der Waals surface area contributed by atoms with Crippen molar-refractivity contribution in [3.05, 3.63) is 59.1 Å². The van der Waals surface area contributed by atoms with Crippen LogP contribution < -0.4 is 15.5 Å². The molecule has 0 saturated heterocycles. The second-order valence-electron chi connectivity index (χ2n) is 5.23. The van der Waals surface area contributed by atoms with Crippen LogP contribution in [0.2, 0.25) is 5.02 Å². The van der Waals surface area contributed by atoms with Crippen molar-refractivity contribution in [3.8, 4) is 5.75 Å². The van der Waals surface area contributed by atoms with Gasteiger partial charge in [-0.15, -0.1) is 0 Å². The quantitative estimate of drug-likeness (QED) is 0.472. The fourth-order valence-electron chi connectivity index (χ4n) is 1.86. The molecule has 0 aliphatic rings. The van der Waals surface area contributed by atoms with Crippen molar-refractivity contribution in [2.75, 3.05) is 12.4 Å². The Morgan fingerprint density at radius 2 is 1.72 bits per heavy atom. The van der Waals surface area contributed by atoms with E-state index in [4.69, 9.17) is 16.3 Å². The number of amides is 2. The summed E-state index contributed by atoms with van der Waals surface area (Å²) in [4.78, 5) is 24.1. The molecule has 2 rings (SSSR count). The largest absolute Gasteiger partial charge is 0.497 e. The van der Waals surface area contributed by atoms with Crippen LogP contribution in [0.3, 0.4) is 0 Å². The number of halogens is 1. The smallest absolute Gasteiger partial charge is 0.252 e. The van der Waals surface area contributed by atoms with Crippen LogP contribution in [0, 0.1) is 5.92 Å². The van der Waals surface area contributed by atoms with Gasteiger partial charge in [0, 0.05) is 10.7 Å². The topological polar surface area (TPSA) is 79.8 Å². The van der Waals surface area contributed by atoms with Gasteiger partial charge in [-0.05, 0) is 48.9 Å². The van der Waals surface area contributed by atoms with Gasteiger partial charge in [-0.3, -0.25) is 9.59 Å². The first-order valence-electron chi connectivity index (χ1n) is 7.53. The number of benzene rings is 2. The molecule has 0 aliphatic heterocycles. The molecular formula is C18H18ClN3O3. The normalized spacial score (nSPS) is 11.8. The van der Waals surface area contributed by atoms with Crippen molar-refractivity contribution in [1.82, 2.24) is 5.43 Å². The highest BCUT2D eigenvalue weighted by atomic mass is 35.5. The first kappa shape index (κ1) is 18.5. The van der Waals surface area contributed by atoms with Gasteiger partial charge in [0.15, 0.2) is 0 Å². The number of carbonyl (C=O) groups excluding carboxylic acids is 2. The lowest BCUT2D eigenvalue weighted by molar-refractivity contribution is -0.131. The molecule has 2 N–H and O–H groups in total. The fourth-order valence-corrected chi connectivity index (χ4v) is 1.99. The number of hydrogen-bond acceptors (Lipinski definition) is 4. The summed E-state index contributed by atoms with van der Waals surface area (Å²) in [5, 5.41) is 7.12. The fraction of sp³-hybridized carbons (Fsp3) is 0.167. The molecule has 0 heterocycles. The third kappa shape index (κ3) is 5.61. The van der Waals surface area contributed by atoms with Crippen molar-refractivity contribution in [1.29, 1.82) is 0 Å². The van der Waals surface area contributed by atoms with E-state index in [1.165, 1.54) is 13.1 Å². The third-order valence-corrected chi connectivity index (χ3v) is 3.65. The minimum atomic E-state index is -0.899. The maximum Gasteiger partial charge on any atom is 0.252 e. The standard InChI is InChI=1S/C18H18ClN3O3/c1-12(17(23)21-15-7-9-16(25-2)10-8-15)18(24)22-20-11-13-3-5-14(19)6-4-13/h3-12H,1-2H3,(H,21,23)(H,22,24). The van der Waals surface area contributed by atoms with Crippen molar-refractivity contribution >= 4 is 35.3 Å². The Kier molecular flexibility index (Phi) is 6.54. The van der Waals surface area contributed by atoms with Gasteiger partial charge in [0.05, 0.1) is 13.3 Å². The van der Waals surface area contributed by atoms with Gasteiger partial charge in [0.1, 0.15) is 11.7 Å². The third-order valence-electron chi connectivity index (χ3n) is 3.40. The molecule has 130 valence electrons. The Hall–Kier alpha value is -2.86. The summed E-state index contributed by atoms with van der Waals surface area (Å²) in [5.41, 5.74) is 3.70. The number of carbonyl (C=O) groups is 2. The van der Waals surface area contributed by atoms with Gasteiger partial charge in [-0.2, -0.15) is 5.10 Å². The number of anilines is 1. The molecule has 0 aromatic heterocycles. The van der Waals surface area contributed by atoms with E-state index < -0.39 is 17.7 Å². The molecule has 0 spiro atoms. The van der Waals surface area contributed by atoms with Crippen LogP contribution >= 0.6 is 11.6 Å². The summed E-state index contributed by atoms with van der Waals surface area (Å²) in [5.74, 6) is -1.15. The predicted molar refractivity (Wildman–Crippen MR) is 98.0 cm³/mol. The van der Waals surface area contributed by atoms with E-state index in [1.54, 1.807) is 55.6 Å². The van der Waals surface area contributed by atoms with E-state index in [-0.39, 0.29) is 0 Å². The molecule has 0 fully saturated rings. The zero-order chi connectivity index (χ0) is 18.2. The van der Waals surface area contributed by atoms with Crippen molar-refractivity contribution in [2.24, 2.45) is 11.0 Å². The minimum Gasteiger partial charge on any atom is -0.497 e. The lowest BCUT2D eigenvalue weighted by Crippen LogP contribution is -2.34. The zero-order valence-corrected chi connectivity index (χ0v) is 14.6. The molecule has 1 unspecified atom stereocenters. The molecule has 2 amide bonds. The van der Waals surface area contributed by atoms with E-state index in [2.05, 4.69) is 15.8 Å². The molecule has 6 nitrogen and oxygen atoms in total. The Bertz CT molecular complexity index is 758. The molecule has 0 radical (unpaired) electrons. The maximum atomic E-state index is 12.1. The summed E-state index contributed by atoms with van der Waals surface area (Å²) in [6, 6.07) is 13.8. The summed E-state index contributed by atoms with van der Waals surface area (Å²) in [6.07, 6.45) is 1.47. The van der Waals surface area contributed by atoms with Gasteiger partial charge in [-0.25, -0.2) is 5.43 Å². The SMILES string of the molecule is COc1ccc(NC(=O)C(C)C(=O)NN=Cc2ccc(Cl)cc2)cc1. The highest BCUT2D eigenvalue weighted by Gasteiger charge is 2.21. The van der Waals surface area contributed by atoms with Gasteiger partial charge in [-0.1, -0.05) is 23.7 Å². The van der Waals surface area contributed by atoms with E-state index in [9.17, 15) is 9.59 Å². The first-order valence-corrected chi connectivity index (χ1v) is 7.91. The first-order chi connectivity index (χ1) is 12.0. The minimum absolute atomic E-state index is 0.427. The lowest BCUT2D eigenvalue weighted by Gasteiger charge is -2.11. The summed E-state index contributed by atoms with van der Waals surface area (Å²) in [6.45, 7) is 1.51. The molecule has 1 atom stereocenters. The van der Waals surface area contributed by atoms with Crippen LogP contribution in [0.5, 0.6) is 5.75 Å². The number of hydrogen-bond donors (Lipinski definition) is 2. The number of ether oxygens (including phenoxy) is 1. The van der Waals surface area contributed by atoms with E-state index in [1.807, 2.05) is 0 Å². The Labute approximate surface area is 150 Å². The molecule has 7 heteroatoms. The molecule has 2 aromatic carbocycles. The van der Waals surface area contributed by atoms with Crippen molar-refractivity contribution in [2.45, 2.75) is 6.92 Å². The average molecular weight is 360 g/mol. The van der Waals surface area contributed by atoms with Crippen LogP contribution in [-0.2, 0) is 9.59 Å². The summed E-state index contributed by atoms with van der Waals surface area (Å²) < 4.78 is 5.05. The van der Waals surface area contributed by atoms with Gasteiger partial charge in [0.2, 0.25) is 5.91 Å². The Morgan fingerprint density at radius 3 is 2.32 bits per heavy atom. The maximum absolute atomic E-state index is 12.1. The second kappa shape index (κ2) is 8.84. The van der Waals surface area contributed by atoms with Crippen LogP contribution in [0.4, 0.5) is 5.69 Å². The predicted octanol–water partition coefficient (Wildman–Crippen LogP) is 3.07. The average Bonchev–Trinajstić information content (AvgIpc) is 2.63. The van der Waals surface area contributed by atoms with Crippen LogP contribution in [0.25, 0.3) is 0 Å². The van der Waals surface area contributed by atoms with E-state index in [0.717, 1.165) is 5.56 Å². The van der Waals surface area contributed by atoms with Crippen LogP contribution in [-0.4, -0.2) is 25.1 Å². The summed E-state index contributed by atoms with van der Waals surface area (Å²) in [7, 11) is 1.56. The lowest BCUT2D eigenvalue weighted by atomic mass is 10.1. The molecular weight excluding hydrogens is 342 g/mol. The van der Waals surface area contributed by atoms with Crippen LogP contribution in [0.15, 0.2) is 53.6 Å². The summed E-state index contributed by atoms with van der Waals surface area (Å²) >= 11 is 5.79. The monoisotopic (exact) mass is 359 g/mol. The number of rotatable bonds is 6. The van der Waals surface area contributed by atoms with Gasteiger partial charge in [0.25, 0.3) is 5.91 Å². The molecule has 0 saturated carbocycles. The van der Waals surface area contributed by atoms with Crippen molar-refractivity contribution in [3.63, 3.8) is 0 Å². The second-order valence-corrected chi connectivity index (χ2v) is 5.66. The number of hydrazone groups is 1. The molecule has 0 aliphatic carbocycles. The molecule has 0 bridgehead atoms. The van der Waals surface area contributed by atoms with E-state index >= 15 is 0 Å². The highest BCUT2D eigenvalue weighted by Crippen LogP contribution is 2.15. The Morgan fingerprint density at radius 1 is 1.08 bits per heavy atom. The molecule has 2 aromatic rings. The van der Waals surface area contributed by atoms with Gasteiger partial charge < -0.3 is 10.1 Å². The van der Waals surface area contributed by atoms with Gasteiger partial charge >= 0.3 is 0 Å². The number of nitrogens with zero attached hydrogens (tertiary/aromatic N) is 1. The zero-order valence-electron chi connectivity index (χ0n) is 13.8. The Balaban J connectivity index is 1.87. The number of nitrogens with one attached hydrogen (secondary N) is 2.